The lowest BCUT2D eigenvalue weighted by atomic mass is 10.6. The quantitative estimate of drug-likeness (QED) is 0.528. The fraction of sp³-hybridized carbons (Fsp3) is 0.200. The molecule has 1 amide bonds. The maximum Gasteiger partial charge on any atom is 0.396 e. The number of carbonyl (C=O) groups excluding carboxylic acids is 1. The Morgan fingerprint density at radius 2 is 2.36 bits per heavy atom. The number of hydrogen-bond acceptors (Lipinski definition) is 4. The average Bonchev–Trinajstić information content (AvgIpc) is 2.39. The predicted molar refractivity (Wildman–Crippen MR) is 39.2 cm³/mol. The van der Waals surface area contributed by atoms with Crippen molar-refractivity contribution in [1.29, 1.82) is 0 Å². The largest absolute Gasteiger partial charge is 0.474 e. The van der Waals surface area contributed by atoms with E-state index in [2.05, 4.69) is 5.43 Å². The molecule has 0 unspecified atom stereocenters. The number of aliphatic carboxylic acids is 1. The van der Waals surface area contributed by atoms with E-state index in [0.29, 0.717) is 5.88 Å². The van der Waals surface area contributed by atoms with Gasteiger partial charge in [-0.3, -0.25) is 15.2 Å². The van der Waals surface area contributed by atoms with Crippen molar-refractivity contribution >= 4 is 23.6 Å². The van der Waals surface area contributed by atoms with Crippen LogP contribution in [0.3, 0.4) is 0 Å². The third kappa shape index (κ3) is 2.15. The summed E-state index contributed by atoms with van der Waals surface area (Å²) in [6, 6.07) is 0. The van der Waals surface area contributed by atoms with Crippen LogP contribution < -0.4 is 5.43 Å². The molecule has 0 radical (unpaired) electrons. The minimum Gasteiger partial charge on any atom is -0.474 e. The van der Waals surface area contributed by atoms with Crippen molar-refractivity contribution in [1.82, 2.24) is 10.4 Å². The second kappa shape index (κ2) is 3.29. The highest BCUT2D eigenvalue weighted by Gasteiger charge is 2.14. The molecule has 0 spiro atoms. The van der Waals surface area contributed by atoms with Crippen molar-refractivity contribution in [2.45, 2.75) is 0 Å². The molecule has 2 N–H and O–H groups in total. The summed E-state index contributed by atoms with van der Waals surface area (Å²) in [4.78, 5) is 20.5. The van der Waals surface area contributed by atoms with E-state index < -0.39 is 11.9 Å². The molecule has 1 aliphatic heterocycles. The molecule has 0 atom stereocenters. The molecule has 5 nitrogen and oxygen atoms in total. The van der Waals surface area contributed by atoms with Gasteiger partial charge in [0.2, 0.25) is 0 Å². The molecule has 0 aromatic rings. The molecule has 6 heteroatoms. The number of carbonyl (C=O) groups is 2. The minimum absolute atomic E-state index is 0.555. The molecule has 0 saturated heterocycles. The van der Waals surface area contributed by atoms with Gasteiger partial charge in [-0.25, -0.2) is 4.79 Å². The summed E-state index contributed by atoms with van der Waals surface area (Å²) < 4.78 is 0. The van der Waals surface area contributed by atoms with Gasteiger partial charge in [-0.15, -0.1) is 11.8 Å². The monoisotopic (exact) mass is 174 g/mol. The highest BCUT2D eigenvalue weighted by Crippen LogP contribution is 2.11. The summed E-state index contributed by atoms with van der Waals surface area (Å²) in [5.74, 6) is -1.94. The smallest absolute Gasteiger partial charge is 0.396 e. The van der Waals surface area contributed by atoms with Crippen LogP contribution in [0, 0.1) is 0 Å². The Labute approximate surface area is 67.0 Å². The molecule has 1 aliphatic rings. The zero-order chi connectivity index (χ0) is 8.27. The van der Waals surface area contributed by atoms with Crippen LogP contribution in [0.15, 0.2) is 11.6 Å². The van der Waals surface area contributed by atoms with Crippen molar-refractivity contribution in [3.63, 3.8) is 0 Å². The Balaban J connectivity index is 2.36. The van der Waals surface area contributed by atoms with E-state index in [0.717, 1.165) is 0 Å². The van der Waals surface area contributed by atoms with E-state index >= 15 is 0 Å². The van der Waals surface area contributed by atoms with Crippen LogP contribution >= 0.6 is 11.8 Å². The van der Waals surface area contributed by atoms with Gasteiger partial charge in [-0.1, -0.05) is 0 Å². The molecule has 0 saturated carbocycles. The molecule has 1 heterocycles. The van der Waals surface area contributed by atoms with E-state index in [1.165, 1.54) is 16.8 Å². The summed E-state index contributed by atoms with van der Waals surface area (Å²) >= 11 is 1.47. The van der Waals surface area contributed by atoms with Crippen LogP contribution in [-0.4, -0.2) is 27.9 Å². The first kappa shape index (κ1) is 7.93. The first-order valence-corrected chi connectivity index (χ1v) is 3.84. The maximum atomic E-state index is 10.5. The fourth-order valence-electron chi connectivity index (χ4n) is 0.531. The van der Waals surface area contributed by atoms with Crippen molar-refractivity contribution < 1.29 is 14.7 Å². The Hall–Kier alpha value is -1.17. The van der Waals surface area contributed by atoms with Crippen molar-refractivity contribution in [2.75, 3.05) is 5.88 Å². The molecular weight excluding hydrogens is 168 g/mol. The van der Waals surface area contributed by atoms with Crippen LogP contribution in [0.4, 0.5) is 0 Å². The Morgan fingerprint density at radius 1 is 1.64 bits per heavy atom. The van der Waals surface area contributed by atoms with E-state index in [-0.39, 0.29) is 0 Å². The Kier molecular flexibility index (Phi) is 2.37. The zero-order valence-electron chi connectivity index (χ0n) is 5.48. The Bertz CT molecular complexity index is 216. The molecule has 0 aromatic carbocycles. The van der Waals surface area contributed by atoms with Gasteiger partial charge in [0.05, 0.1) is 5.88 Å². The number of hydrazine groups is 1. The van der Waals surface area contributed by atoms with Crippen LogP contribution in [0.25, 0.3) is 0 Å². The van der Waals surface area contributed by atoms with E-state index in [4.69, 9.17) is 5.11 Å². The standard InChI is InChI=1S/C5H6N2O3S/c8-4(5(9)10)6-7-1-2-11-3-7/h1-2H,3H2,(H,6,8)(H,9,10). The number of amides is 1. The first-order valence-electron chi connectivity index (χ1n) is 2.79. The van der Waals surface area contributed by atoms with Gasteiger partial charge in [0, 0.05) is 6.20 Å². The third-order valence-electron chi connectivity index (χ3n) is 0.990. The van der Waals surface area contributed by atoms with E-state index in [9.17, 15) is 9.59 Å². The number of carboxylic acids is 1. The fourth-order valence-corrected chi connectivity index (χ4v) is 1.16. The van der Waals surface area contributed by atoms with Gasteiger partial charge < -0.3 is 5.11 Å². The molecule has 60 valence electrons. The molecule has 0 bridgehead atoms. The summed E-state index contributed by atoms with van der Waals surface area (Å²) in [7, 11) is 0. The second-order valence-corrected chi connectivity index (χ2v) is 2.66. The van der Waals surface area contributed by atoms with Gasteiger partial charge in [-0.2, -0.15) is 0 Å². The normalized spacial score (nSPS) is 15.1. The highest BCUT2D eigenvalue weighted by atomic mass is 32.2. The number of rotatable bonds is 1. The summed E-state index contributed by atoms with van der Waals surface area (Å²) in [6.07, 6.45) is 1.60. The number of thioether (sulfide) groups is 1. The lowest BCUT2D eigenvalue weighted by Gasteiger charge is -2.13. The van der Waals surface area contributed by atoms with Crippen molar-refractivity contribution in [3.8, 4) is 0 Å². The number of hydrogen-bond donors (Lipinski definition) is 2. The number of nitrogens with one attached hydrogen (secondary N) is 1. The Morgan fingerprint density at radius 3 is 2.82 bits per heavy atom. The SMILES string of the molecule is O=C(O)C(=O)NN1C=CSC1. The second-order valence-electron chi connectivity index (χ2n) is 1.80. The number of carboxylic acid groups (broad SMARTS) is 1. The molecule has 0 aliphatic carbocycles. The predicted octanol–water partition coefficient (Wildman–Crippen LogP) is -0.420. The van der Waals surface area contributed by atoms with Crippen molar-refractivity contribution in [3.05, 3.63) is 11.6 Å². The first-order chi connectivity index (χ1) is 5.20. The van der Waals surface area contributed by atoms with Crippen LogP contribution in [0.2, 0.25) is 0 Å². The molecule has 0 aromatic heterocycles. The summed E-state index contributed by atoms with van der Waals surface area (Å²) in [5.41, 5.74) is 2.17. The van der Waals surface area contributed by atoms with Crippen LogP contribution in [0.1, 0.15) is 0 Å². The van der Waals surface area contributed by atoms with Gasteiger partial charge in [-0.05, 0) is 5.41 Å². The van der Waals surface area contributed by atoms with Gasteiger partial charge >= 0.3 is 11.9 Å². The lowest BCUT2D eigenvalue weighted by molar-refractivity contribution is -0.151. The van der Waals surface area contributed by atoms with Crippen LogP contribution in [0.5, 0.6) is 0 Å². The maximum absolute atomic E-state index is 10.5. The topological polar surface area (TPSA) is 69.6 Å². The van der Waals surface area contributed by atoms with Crippen LogP contribution in [-0.2, 0) is 9.59 Å². The van der Waals surface area contributed by atoms with Crippen molar-refractivity contribution in [2.24, 2.45) is 0 Å². The minimum atomic E-state index is -1.48. The molecule has 11 heavy (non-hydrogen) atoms. The highest BCUT2D eigenvalue weighted by molar-refractivity contribution is 8.02. The van der Waals surface area contributed by atoms with E-state index in [1.54, 1.807) is 11.6 Å². The average molecular weight is 174 g/mol. The summed E-state index contributed by atoms with van der Waals surface area (Å²) in [6.45, 7) is 0. The molecule has 0 fully saturated rings. The lowest BCUT2D eigenvalue weighted by Crippen LogP contribution is -2.40. The van der Waals surface area contributed by atoms with Gasteiger partial charge in [0.1, 0.15) is 0 Å². The molecular formula is C5H6N2O3S. The number of nitrogens with zero attached hydrogens (tertiary/aromatic N) is 1. The zero-order valence-corrected chi connectivity index (χ0v) is 6.30. The van der Waals surface area contributed by atoms with Gasteiger partial charge in [0.25, 0.3) is 0 Å². The third-order valence-corrected chi connectivity index (χ3v) is 1.73. The summed E-state index contributed by atoms with van der Waals surface area (Å²) in [5, 5.41) is 11.3. The molecule has 1 rings (SSSR count). The van der Waals surface area contributed by atoms with E-state index in [1.807, 2.05) is 0 Å². The van der Waals surface area contributed by atoms with Gasteiger partial charge in [0.15, 0.2) is 0 Å².